The molecule has 0 N–H and O–H groups in total. The number of hydrogen-bond acceptors (Lipinski definition) is 3. The summed E-state index contributed by atoms with van der Waals surface area (Å²) in [6, 6.07) is 0. The maximum Gasteiger partial charge on any atom is 0.105 e. The molecule has 33 heavy (non-hydrogen) atoms. The zero-order valence-electron chi connectivity index (χ0n) is 22.5. The minimum atomic E-state index is 0.123. The summed E-state index contributed by atoms with van der Waals surface area (Å²) in [4.78, 5) is 0. The van der Waals surface area contributed by atoms with Gasteiger partial charge in [-0.25, -0.2) is 0 Å². The van der Waals surface area contributed by atoms with E-state index in [0.717, 1.165) is 25.7 Å². The van der Waals surface area contributed by atoms with Crippen molar-refractivity contribution >= 4 is 0 Å². The topological polar surface area (TPSA) is 27.7 Å². The number of allylic oxidation sites excluding steroid dienone is 2. The lowest BCUT2D eigenvalue weighted by Crippen LogP contribution is -2.17. The van der Waals surface area contributed by atoms with E-state index in [1.54, 1.807) is 0 Å². The lowest BCUT2D eigenvalue weighted by Gasteiger charge is -2.26. The Hall–Kier alpha value is -0.800. The quantitative estimate of drug-likeness (QED) is 0.393. The monoisotopic (exact) mass is 462 g/mol. The van der Waals surface area contributed by atoms with Crippen molar-refractivity contribution in [2.24, 2.45) is 0 Å². The van der Waals surface area contributed by atoms with E-state index < -0.39 is 0 Å². The van der Waals surface area contributed by atoms with Crippen LogP contribution in [0.5, 0.6) is 0 Å². The molecule has 192 valence electrons. The highest BCUT2D eigenvalue weighted by Crippen LogP contribution is 2.32. The highest BCUT2D eigenvalue weighted by molar-refractivity contribution is 5.20. The van der Waals surface area contributed by atoms with E-state index >= 15 is 0 Å². The molecule has 0 heterocycles. The van der Waals surface area contributed by atoms with E-state index in [-0.39, 0.29) is 12.2 Å². The van der Waals surface area contributed by atoms with Crippen LogP contribution in [0.4, 0.5) is 0 Å². The molecule has 0 aromatic carbocycles. The molecule has 0 saturated carbocycles. The van der Waals surface area contributed by atoms with Gasteiger partial charge in [-0.05, 0) is 63.5 Å². The standard InChI is InChI=1S/C30H54O3/c1-25(31-3)27-21-17-13-9-5-7-11-15-19-23-29(27)33-30-24-20-16-12-8-6-10-14-18-22-28(30)26(2)32-4/h25-26H,5-24H2,1-4H3/b29-27+,30-28+. The van der Waals surface area contributed by atoms with Crippen molar-refractivity contribution in [3.63, 3.8) is 0 Å². The Morgan fingerprint density at radius 2 is 0.697 bits per heavy atom. The molecule has 0 amide bonds. The predicted octanol–water partition coefficient (Wildman–Crippen LogP) is 9.41. The van der Waals surface area contributed by atoms with Gasteiger partial charge in [-0.15, -0.1) is 0 Å². The third-order valence-corrected chi connectivity index (χ3v) is 7.85. The van der Waals surface area contributed by atoms with Crippen molar-refractivity contribution in [2.45, 2.75) is 154 Å². The Labute approximate surface area is 205 Å². The van der Waals surface area contributed by atoms with Gasteiger partial charge in [-0.2, -0.15) is 0 Å². The van der Waals surface area contributed by atoms with Gasteiger partial charge in [0.05, 0.1) is 12.2 Å². The summed E-state index contributed by atoms with van der Waals surface area (Å²) < 4.78 is 18.7. The molecular formula is C30H54O3. The molecule has 2 atom stereocenters. The van der Waals surface area contributed by atoms with Gasteiger partial charge in [0.1, 0.15) is 11.5 Å². The van der Waals surface area contributed by atoms with Gasteiger partial charge in [0.15, 0.2) is 0 Å². The smallest absolute Gasteiger partial charge is 0.105 e. The molecule has 3 heteroatoms. The molecule has 0 radical (unpaired) electrons. The Morgan fingerprint density at radius 1 is 0.424 bits per heavy atom. The van der Waals surface area contributed by atoms with Crippen LogP contribution in [0.1, 0.15) is 142 Å². The Balaban J connectivity index is 2.36. The van der Waals surface area contributed by atoms with Gasteiger partial charge in [0.25, 0.3) is 0 Å². The summed E-state index contributed by atoms with van der Waals surface area (Å²) in [5, 5.41) is 0. The molecule has 0 aliphatic heterocycles. The highest BCUT2D eigenvalue weighted by atomic mass is 16.5. The molecule has 0 fully saturated rings. The molecule has 3 nitrogen and oxygen atoms in total. The van der Waals surface area contributed by atoms with Gasteiger partial charge in [-0.1, -0.05) is 77.0 Å². The molecular weight excluding hydrogens is 408 g/mol. The molecule has 2 rings (SSSR count). The highest BCUT2D eigenvalue weighted by Gasteiger charge is 2.21. The van der Waals surface area contributed by atoms with Gasteiger partial charge in [-0.3, -0.25) is 0 Å². The summed E-state index contributed by atoms with van der Waals surface area (Å²) in [7, 11) is 3.69. The average Bonchev–Trinajstić information content (AvgIpc) is 2.81. The maximum absolute atomic E-state index is 7.01. The van der Waals surface area contributed by atoms with Crippen LogP contribution in [0.15, 0.2) is 22.7 Å². The second-order valence-electron chi connectivity index (χ2n) is 10.4. The Morgan fingerprint density at radius 3 is 1.00 bits per heavy atom. The molecule has 2 aliphatic rings. The fourth-order valence-electron chi connectivity index (χ4n) is 5.45. The largest absolute Gasteiger partial charge is 0.466 e. The summed E-state index contributed by atoms with van der Waals surface area (Å²) in [5.74, 6) is 2.43. The number of methoxy groups -OCH3 is 2. The van der Waals surface area contributed by atoms with Crippen molar-refractivity contribution in [3.8, 4) is 0 Å². The van der Waals surface area contributed by atoms with Crippen molar-refractivity contribution in [3.05, 3.63) is 22.7 Å². The van der Waals surface area contributed by atoms with Crippen LogP contribution < -0.4 is 0 Å². The molecule has 2 unspecified atom stereocenters. The fraction of sp³-hybridized carbons (Fsp3) is 0.867. The summed E-state index contributed by atoms with van der Waals surface area (Å²) in [5.41, 5.74) is 2.81. The SMILES string of the molecule is COC(C)/C1=C(/O/C2=C(/C(C)OC)CCCCCCCCCC2)CCCCCCCCCC1. The van der Waals surface area contributed by atoms with Crippen molar-refractivity contribution in [1.29, 1.82) is 0 Å². The molecule has 0 aromatic rings. The van der Waals surface area contributed by atoms with Gasteiger partial charge >= 0.3 is 0 Å². The maximum atomic E-state index is 7.01. The van der Waals surface area contributed by atoms with Crippen LogP contribution >= 0.6 is 0 Å². The van der Waals surface area contributed by atoms with Crippen molar-refractivity contribution < 1.29 is 14.2 Å². The average molecular weight is 463 g/mol. The van der Waals surface area contributed by atoms with Crippen molar-refractivity contribution in [2.75, 3.05) is 14.2 Å². The first-order valence-corrected chi connectivity index (χ1v) is 14.3. The van der Waals surface area contributed by atoms with E-state index in [1.165, 1.54) is 125 Å². The number of hydrogen-bond donors (Lipinski definition) is 0. The molecule has 0 bridgehead atoms. The zero-order chi connectivity index (χ0) is 23.7. The first-order chi connectivity index (χ1) is 16.2. The zero-order valence-corrected chi connectivity index (χ0v) is 22.5. The third kappa shape index (κ3) is 11.0. The van der Waals surface area contributed by atoms with E-state index in [1.807, 2.05) is 14.2 Å². The van der Waals surface area contributed by atoms with E-state index in [2.05, 4.69) is 13.8 Å². The predicted molar refractivity (Wildman–Crippen MR) is 140 cm³/mol. The van der Waals surface area contributed by atoms with Gasteiger partial charge in [0.2, 0.25) is 0 Å². The summed E-state index contributed by atoms with van der Waals surface area (Å²) in [6.07, 6.45) is 25.8. The van der Waals surface area contributed by atoms with Crippen LogP contribution in [-0.4, -0.2) is 26.4 Å². The fourth-order valence-corrected chi connectivity index (χ4v) is 5.45. The molecule has 2 aliphatic carbocycles. The van der Waals surface area contributed by atoms with Gasteiger partial charge < -0.3 is 14.2 Å². The summed E-state index contributed by atoms with van der Waals surface area (Å²) in [6.45, 7) is 4.41. The molecule has 0 aromatic heterocycles. The first-order valence-electron chi connectivity index (χ1n) is 14.3. The minimum absolute atomic E-state index is 0.123. The third-order valence-electron chi connectivity index (χ3n) is 7.85. The van der Waals surface area contributed by atoms with Crippen LogP contribution in [0.2, 0.25) is 0 Å². The van der Waals surface area contributed by atoms with Crippen LogP contribution in [0.3, 0.4) is 0 Å². The summed E-state index contributed by atoms with van der Waals surface area (Å²) >= 11 is 0. The van der Waals surface area contributed by atoms with Crippen molar-refractivity contribution in [1.82, 2.24) is 0 Å². The van der Waals surface area contributed by atoms with E-state index in [4.69, 9.17) is 14.2 Å². The normalized spacial score (nSPS) is 27.9. The second kappa shape index (κ2) is 17.6. The second-order valence-corrected chi connectivity index (χ2v) is 10.4. The minimum Gasteiger partial charge on any atom is -0.466 e. The van der Waals surface area contributed by atoms with Gasteiger partial charge in [0, 0.05) is 27.1 Å². The van der Waals surface area contributed by atoms with Crippen LogP contribution in [0, 0.1) is 0 Å². The Kier molecular flexibility index (Phi) is 15.2. The van der Waals surface area contributed by atoms with E-state index in [9.17, 15) is 0 Å². The van der Waals surface area contributed by atoms with Crippen LogP contribution in [0.25, 0.3) is 0 Å². The first kappa shape index (κ1) is 28.4. The Bertz CT molecular complexity index is 527. The molecule has 0 spiro atoms. The lowest BCUT2D eigenvalue weighted by molar-refractivity contribution is 0.126. The lowest BCUT2D eigenvalue weighted by atomic mass is 9.95. The number of ether oxygens (including phenoxy) is 3. The number of rotatable bonds is 6. The van der Waals surface area contributed by atoms with Crippen LogP contribution in [-0.2, 0) is 14.2 Å². The van der Waals surface area contributed by atoms with E-state index in [0.29, 0.717) is 0 Å². The molecule has 0 saturated heterocycles.